The molecule has 0 fully saturated rings. The molecule has 5 nitrogen and oxygen atoms in total. The second-order valence-electron chi connectivity index (χ2n) is 8.75. The Balaban J connectivity index is 1.65. The van der Waals surface area contributed by atoms with Crippen LogP contribution in [0.15, 0.2) is 60.7 Å². The van der Waals surface area contributed by atoms with Gasteiger partial charge in [0.2, 0.25) is 0 Å². The molecular weight excluding hydrogens is 374 g/mol. The summed E-state index contributed by atoms with van der Waals surface area (Å²) in [4.78, 5) is 14.4. The lowest BCUT2D eigenvalue weighted by Gasteiger charge is -2.26. The van der Waals surface area contributed by atoms with E-state index >= 15 is 0 Å². The first kappa shape index (κ1) is 20.2. The molecule has 5 heteroatoms. The molecule has 0 saturated carbocycles. The smallest absolute Gasteiger partial charge is 0.410 e. The van der Waals surface area contributed by atoms with Crippen molar-refractivity contribution in [1.82, 2.24) is 14.7 Å². The van der Waals surface area contributed by atoms with E-state index in [2.05, 4.69) is 53.2 Å². The summed E-state index contributed by atoms with van der Waals surface area (Å²) < 4.78 is 7.71. The Morgan fingerprint density at radius 2 is 1.60 bits per heavy atom. The second-order valence-corrected chi connectivity index (χ2v) is 8.75. The van der Waals surface area contributed by atoms with Gasteiger partial charge in [-0.25, -0.2) is 4.79 Å². The van der Waals surface area contributed by atoms with Gasteiger partial charge >= 0.3 is 6.09 Å². The van der Waals surface area contributed by atoms with Crippen molar-refractivity contribution >= 4 is 6.09 Å². The molecular formula is C25H29N3O2. The van der Waals surface area contributed by atoms with Gasteiger partial charge in [0.1, 0.15) is 5.60 Å². The zero-order valence-corrected chi connectivity index (χ0v) is 18.0. The van der Waals surface area contributed by atoms with Gasteiger partial charge in [0.05, 0.1) is 17.9 Å². The summed E-state index contributed by atoms with van der Waals surface area (Å²) in [6.07, 6.45) is 1.26. The van der Waals surface area contributed by atoms with Gasteiger partial charge in [-0.3, -0.25) is 4.68 Å². The maximum Gasteiger partial charge on any atom is 0.410 e. The molecule has 1 aliphatic rings. The van der Waals surface area contributed by atoms with Crippen LogP contribution >= 0.6 is 0 Å². The molecule has 0 N–H and O–H groups in total. The third-order valence-corrected chi connectivity index (χ3v) is 5.26. The zero-order valence-electron chi connectivity index (χ0n) is 18.0. The normalized spacial score (nSPS) is 14.2. The lowest BCUT2D eigenvalue weighted by molar-refractivity contribution is 0.0258. The molecule has 0 atom stereocenters. The van der Waals surface area contributed by atoms with E-state index in [0.717, 1.165) is 36.3 Å². The molecule has 1 aromatic heterocycles. The van der Waals surface area contributed by atoms with E-state index in [4.69, 9.17) is 9.84 Å². The van der Waals surface area contributed by atoms with Crippen LogP contribution in [0.4, 0.5) is 4.79 Å². The van der Waals surface area contributed by atoms with Crippen molar-refractivity contribution in [3.63, 3.8) is 0 Å². The van der Waals surface area contributed by atoms with Crippen LogP contribution in [0.3, 0.4) is 0 Å². The van der Waals surface area contributed by atoms with Gasteiger partial charge in [-0.15, -0.1) is 0 Å². The van der Waals surface area contributed by atoms with Gasteiger partial charge in [0, 0.05) is 30.6 Å². The number of benzene rings is 2. The summed E-state index contributed by atoms with van der Waals surface area (Å²) >= 11 is 0. The molecule has 0 bridgehead atoms. The minimum absolute atomic E-state index is 0.244. The minimum Gasteiger partial charge on any atom is -0.444 e. The van der Waals surface area contributed by atoms with Crippen LogP contribution in [-0.4, -0.2) is 39.5 Å². The summed E-state index contributed by atoms with van der Waals surface area (Å²) in [6, 6.07) is 20.8. The average Bonchev–Trinajstić information content (AvgIpc) is 2.91. The fraction of sp³-hybridized carbons (Fsp3) is 0.360. The summed E-state index contributed by atoms with van der Waals surface area (Å²) in [5.41, 5.74) is 5.37. The summed E-state index contributed by atoms with van der Waals surface area (Å²) in [6.45, 7) is 7.70. The Morgan fingerprint density at radius 1 is 0.967 bits per heavy atom. The van der Waals surface area contributed by atoms with Gasteiger partial charge < -0.3 is 9.64 Å². The highest BCUT2D eigenvalue weighted by atomic mass is 16.6. The number of hydrogen-bond donors (Lipinski definition) is 0. The van der Waals surface area contributed by atoms with Crippen LogP contribution in [0.5, 0.6) is 0 Å². The Labute approximate surface area is 178 Å². The van der Waals surface area contributed by atoms with Crippen molar-refractivity contribution in [1.29, 1.82) is 0 Å². The van der Waals surface area contributed by atoms with Crippen molar-refractivity contribution in [2.45, 2.75) is 45.8 Å². The van der Waals surface area contributed by atoms with Crippen molar-refractivity contribution < 1.29 is 9.53 Å². The minimum atomic E-state index is -0.488. The highest BCUT2D eigenvalue weighted by Gasteiger charge is 2.28. The summed E-state index contributed by atoms with van der Waals surface area (Å²) in [7, 11) is 0. The van der Waals surface area contributed by atoms with E-state index in [1.54, 1.807) is 0 Å². The number of aromatic nitrogens is 2. The number of rotatable bonds is 3. The van der Waals surface area contributed by atoms with Gasteiger partial charge in [0.25, 0.3) is 0 Å². The van der Waals surface area contributed by atoms with Crippen molar-refractivity contribution in [2.75, 3.05) is 13.1 Å². The standard InChI is InChI=1S/C25H29N3O2/c1-25(2,3)30-24(29)27-16-14-21-22(15-17-27)26-28(18-19-10-6-4-7-11-19)23(21)20-12-8-5-9-13-20/h4-13H,14-18H2,1-3H3. The van der Waals surface area contributed by atoms with Crippen LogP contribution in [0, 0.1) is 0 Å². The predicted octanol–water partition coefficient (Wildman–Crippen LogP) is 4.93. The van der Waals surface area contributed by atoms with Gasteiger partial charge in [0.15, 0.2) is 0 Å². The van der Waals surface area contributed by atoms with E-state index in [-0.39, 0.29) is 6.09 Å². The molecule has 2 aromatic carbocycles. The highest BCUT2D eigenvalue weighted by molar-refractivity contribution is 5.69. The first-order valence-corrected chi connectivity index (χ1v) is 10.6. The number of carbonyl (C=O) groups excluding carboxylic acids is 1. The van der Waals surface area contributed by atoms with Gasteiger partial charge in [-0.1, -0.05) is 60.7 Å². The number of fused-ring (bicyclic) bond motifs is 1. The lowest BCUT2D eigenvalue weighted by atomic mass is 10.0. The molecule has 30 heavy (non-hydrogen) atoms. The predicted molar refractivity (Wildman–Crippen MR) is 118 cm³/mol. The van der Waals surface area contributed by atoms with Crippen molar-refractivity contribution in [2.24, 2.45) is 0 Å². The maximum absolute atomic E-state index is 12.6. The zero-order chi connectivity index (χ0) is 21.1. The lowest BCUT2D eigenvalue weighted by Crippen LogP contribution is -2.38. The number of hydrogen-bond acceptors (Lipinski definition) is 3. The van der Waals surface area contributed by atoms with Crippen LogP contribution in [-0.2, 0) is 24.1 Å². The molecule has 0 aliphatic carbocycles. The van der Waals surface area contributed by atoms with Gasteiger partial charge in [-0.2, -0.15) is 5.10 Å². The van der Waals surface area contributed by atoms with E-state index in [0.29, 0.717) is 13.1 Å². The molecule has 0 radical (unpaired) electrons. The Morgan fingerprint density at radius 3 is 2.27 bits per heavy atom. The number of amides is 1. The van der Waals surface area contributed by atoms with E-state index in [1.165, 1.54) is 11.1 Å². The number of nitrogens with zero attached hydrogens (tertiary/aromatic N) is 3. The van der Waals surface area contributed by atoms with E-state index in [1.807, 2.05) is 37.8 Å². The SMILES string of the molecule is CC(C)(C)OC(=O)N1CCc2nn(Cc3ccccc3)c(-c3ccccc3)c2CC1. The van der Waals surface area contributed by atoms with Crippen LogP contribution in [0.2, 0.25) is 0 Å². The summed E-state index contributed by atoms with van der Waals surface area (Å²) in [5, 5.41) is 4.99. The third kappa shape index (κ3) is 4.56. The maximum atomic E-state index is 12.6. The molecule has 0 spiro atoms. The van der Waals surface area contributed by atoms with Crippen molar-refractivity contribution in [3.8, 4) is 11.3 Å². The molecule has 2 heterocycles. The molecule has 0 saturated heterocycles. The summed E-state index contributed by atoms with van der Waals surface area (Å²) in [5.74, 6) is 0. The Kier molecular flexibility index (Phi) is 5.62. The van der Waals surface area contributed by atoms with Gasteiger partial charge in [-0.05, 0) is 32.8 Å². The molecule has 1 amide bonds. The van der Waals surface area contributed by atoms with Crippen LogP contribution in [0.25, 0.3) is 11.3 Å². The highest BCUT2D eigenvalue weighted by Crippen LogP contribution is 2.30. The van der Waals surface area contributed by atoms with Crippen molar-refractivity contribution in [3.05, 3.63) is 77.5 Å². The molecule has 3 aromatic rings. The Bertz CT molecular complexity index is 1000. The second kappa shape index (κ2) is 8.34. The largest absolute Gasteiger partial charge is 0.444 e. The fourth-order valence-corrected chi connectivity index (χ4v) is 3.91. The monoisotopic (exact) mass is 403 g/mol. The fourth-order valence-electron chi connectivity index (χ4n) is 3.91. The number of carbonyl (C=O) groups is 1. The van der Waals surface area contributed by atoms with Crippen LogP contribution in [0.1, 0.15) is 37.6 Å². The topological polar surface area (TPSA) is 47.4 Å². The first-order chi connectivity index (χ1) is 14.4. The Hall–Kier alpha value is -3.08. The molecule has 4 rings (SSSR count). The van der Waals surface area contributed by atoms with E-state index in [9.17, 15) is 4.79 Å². The molecule has 156 valence electrons. The first-order valence-electron chi connectivity index (χ1n) is 10.6. The molecule has 1 aliphatic heterocycles. The third-order valence-electron chi connectivity index (χ3n) is 5.26. The van der Waals surface area contributed by atoms with Crippen LogP contribution < -0.4 is 0 Å². The number of ether oxygens (including phenoxy) is 1. The van der Waals surface area contributed by atoms with E-state index < -0.39 is 5.60 Å². The average molecular weight is 404 g/mol. The quantitative estimate of drug-likeness (QED) is 0.623. The molecule has 0 unspecified atom stereocenters.